The Morgan fingerprint density at radius 2 is 1.79 bits per heavy atom. The third-order valence-electron chi connectivity index (χ3n) is 3.49. The minimum Gasteiger partial charge on any atom is -0.370 e. The van der Waals surface area contributed by atoms with E-state index in [-0.39, 0.29) is 24.1 Å². The van der Waals surface area contributed by atoms with Gasteiger partial charge in [0.15, 0.2) is 17.4 Å². The fourth-order valence-electron chi connectivity index (χ4n) is 2.36. The minimum absolute atomic E-state index is 0.0598. The number of hydrogen-bond donors (Lipinski definition) is 0. The van der Waals surface area contributed by atoms with E-state index in [9.17, 15) is 13.6 Å². The quantitative estimate of drug-likeness (QED) is 0.611. The Kier molecular flexibility index (Phi) is 5.02. The van der Waals surface area contributed by atoms with E-state index in [1.54, 1.807) is 0 Å². The van der Waals surface area contributed by atoms with Gasteiger partial charge in [0, 0.05) is 5.56 Å². The summed E-state index contributed by atoms with van der Waals surface area (Å²) in [7, 11) is 0. The molecule has 2 nitrogen and oxygen atoms in total. The van der Waals surface area contributed by atoms with Gasteiger partial charge in [-0.1, -0.05) is 25.7 Å². The van der Waals surface area contributed by atoms with Gasteiger partial charge >= 0.3 is 0 Å². The van der Waals surface area contributed by atoms with Crippen LogP contribution in [-0.4, -0.2) is 18.5 Å². The average molecular weight is 268 g/mol. The normalized spacial score (nSPS) is 17.2. The number of carbonyl (C=O) groups is 1. The molecule has 0 N–H and O–H groups in total. The molecule has 1 saturated carbocycles. The Morgan fingerprint density at radius 3 is 2.42 bits per heavy atom. The van der Waals surface area contributed by atoms with E-state index in [1.807, 2.05) is 0 Å². The molecule has 0 aliphatic heterocycles. The van der Waals surface area contributed by atoms with Crippen molar-refractivity contribution in [3.63, 3.8) is 0 Å². The summed E-state index contributed by atoms with van der Waals surface area (Å²) in [6.45, 7) is -0.0598. The van der Waals surface area contributed by atoms with E-state index in [1.165, 1.54) is 18.9 Å². The van der Waals surface area contributed by atoms with Gasteiger partial charge in [-0.2, -0.15) is 0 Å². The number of ketones is 1. The molecule has 0 unspecified atom stereocenters. The SMILES string of the molecule is O=C(COC1CCCCCC1)c1ccc(F)c(F)c1. The Hall–Kier alpha value is -1.29. The van der Waals surface area contributed by atoms with Crippen LogP contribution < -0.4 is 0 Å². The molecule has 104 valence electrons. The molecule has 0 saturated heterocycles. The highest BCUT2D eigenvalue weighted by Gasteiger charge is 2.15. The Labute approximate surface area is 111 Å². The van der Waals surface area contributed by atoms with Gasteiger partial charge in [-0.05, 0) is 31.0 Å². The molecule has 1 aliphatic rings. The minimum atomic E-state index is -1.000. The van der Waals surface area contributed by atoms with Gasteiger partial charge in [0.1, 0.15) is 6.61 Å². The molecule has 0 atom stereocenters. The summed E-state index contributed by atoms with van der Waals surface area (Å²) in [5.41, 5.74) is 0.160. The zero-order valence-electron chi connectivity index (χ0n) is 10.8. The lowest BCUT2D eigenvalue weighted by Crippen LogP contribution is -2.18. The molecule has 0 heterocycles. The van der Waals surface area contributed by atoms with E-state index in [0.29, 0.717) is 0 Å². The number of carbonyl (C=O) groups excluding carboxylic acids is 1. The summed E-state index contributed by atoms with van der Waals surface area (Å²) in [5.74, 6) is -2.25. The van der Waals surface area contributed by atoms with Crippen molar-refractivity contribution in [3.8, 4) is 0 Å². The van der Waals surface area contributed by atoms with Crippen LogP contribution in [-0.2, 0) is 4.74 Å². The Bertz CT molecular complexity index is 438. The maximum Gasteiger partial charge on any atom is 0.188 e. The molecule has 1 aromatic carbocycles. The number of ether oxygens (including phenoxy) is 1. The molecule has 19 heavy (non-hydrogen) atoms. The first-order valence-electron chi connectivity index (χ1n) is 6.76. The lowest BCUT2D eigenvalue weighted by molar-refractivity contribution is 0.0389. The second-order valence-electron chi connectivity index (χ2n) is 4.98. The van der Waals surface area contributed by atoms with Gasteiger partial charge in [0.05, 0.1) is 6.10 Å². The monoisotopic (exact) mass is 268 g/mol. The van der Waals surface area contributed by atoms with E-state index >= 15 is 0 Å². The molecule has 0 aromatic heterocycles. The number of rotatable bonds is 4. The van der Waals surface area contributed by atoms with Crippen LogP contribution in [0.25, 0.3) is 0 Å². The molecule has 4 heteroatoms. The number of benzene rings is 1. The third-order valence-corrected chi connectivity index (χ3v) is 3.49. The van der Waals surface area contributed by atoms with Crippen molar-refractivity contribution in [1.82, 2.24) is 0 Å². The van der Waals surface area contributed by atoms with Crippen molar-refractivity contribution in [2.45, 2.75) is 44.6 Å². The summed E-state index contributed by atoms with van der Waals surface area (Å²) in [6, 6.07) is 3.18. The summed E-state index contributed by atoms with van der Waals surface area (Å²) in [6.07, 6.45) is 6.77. The van der Waals surface area contributed by atoms with Gasteiger partial charge in [-0.3, -0.25) is 4.79 Å². The van der Waals surface area contributed by atoms with Crippen LogP contribution in [0.3, 0.4) is 0 Å². The van der Waals surface area contributed by atoms with Crippen molar-refractivity contribution in [1.29, 1.82) is 0 Å². The fourth-order valence-corrected chi connectivity index (χ4v) is 2.36. The molecule has 0 spiro atoms. The lowest BCUT2D eigenvalue weighted by atomic mass is 10.1. The van der Waals surface area contributed by atoms with Crippen molar-refractivity contribution in [2.24, 2.45) is 0 Å². The largest absolute Gasteiger partial charge is 0.370 e. The molecule has 0 bridgehead atoms. The van der Waals surface area contributed by atoms with Crippen LogP contribution in [0.5, 0.6) is 0 Å². The van der Waals surface area contributed by atoms with E-state index in [4.69, 9.17) is 4.74 Å². The van der Waals surface area contributed by atoms with E-state index in [0.717, 1.165) is 37.8 Å². The smallest absolute Gasteiger partial charge is 0.188 e. The molecular weight excluding hydrogens is 250 g/mol. The lowest BCUT2D eigenvalue weighted by Gasteiger charge is -2.14. The van der Waals surface area contributed by atoms with Crippen LogP contribution in [0.2, 0.25) is 0 Å². The molecule has 1 aliphatic carbocycles. The van der Waals surface area contributed by atoms with Gasteiger partial charge in [0.25, 0.3) is 0 Å². The molecule has 1 aromatic rings. The van der Waals surface area contributed by atoms with Crippen LogP contribution in [0.4, 0.5) is 8.78 Å². The standard InChI is InChI=1S/C15H18F2O2/c16-13-8-7-11(9-14(13)17)15(18)10-19-12-5-3-1-2-4-6-12/h7-9,12H,1-6,10H2. The van der Waals surface area contributed by atoms with Gasteiger partial charge in [0.2, 0.25) is 0 Å². The molecule has 0 radical (unpaired) electrons. The number of hydrogen-bond acceptors (Lipinski definition) is 2. The van der Waals surface area contributed by atoms with Crippen molar-refractivity contribution < 1.29 is 18.3 Å². The highest BCUT2D eigenvalue weighted by atomic mass is 19.2. The highest BCUT2D eigenvalue weighted by Crippen LogP contribution is 2.20. The summed E-state index contributed by atoms with van der Waals surface area (Å²) in [5, 5.41) is 0. The first kappa shape index (κ1) is 14.1. The molecular formula is C15H18F2O2. The first-order chi connectivity index (χ1) is 9.16. The topological polar surface area (TPSA) is 26.3 Å². The number of Topliss-reactive ketones (excluding diaryl/α,β-unsaturated/α-hetero) is 1. The van der Waals surface area contributed by atoms with Crippen molar-refractivity contribution >= 4 is 5.78 Å². The Balaban J connectivity index is 1.87. The summed E-state index contributed by atoms with van der Waals surface area (Å²) in [4.78, 5) is 11.8. The first-order valence-corrected chi connectivity index (χ1v) is 6.76. The third kappa shape index (κ3) is 4.10. The van der Waals surface area contributed by atoms with Crippen LogP contribution >= 0.6 is 0 Å². The summed E-state index contributed by atoms with van der Waals surface area (Å²) < 4.78 is 31.4. The van der Waals surface area contributed by atoms with E-state index < -0.39 is 11.6 Å². The van der Waals surface area contributed by atoms with Crippen LogP contribution in [0.15, 0.2) is 18.2 Å². The molecule has 1 fully saturated rings. The maximum absolute atomic E-state index is 13.0. The highest BCUT2D eigenvalue weighted by molar-refractivity contribution is 5.97. The van der Waals surface area contributed by atoms with Crippen molar-refractivity contribution in [3.05, 3.63) is 35.4 Å². The zero-order valence-corrected chi connectivity index (χ0v) is 10.8. The fraction of sp³-hybridized carbons (Fsp3) is 0.533. The van der Waals surface area contributed by atoms with Crippen LogP contribution in [0.1, 0.15) is 48.9 Å². The van der Waals surface area contributed by atoms with Gasteiger partial charge < -0.3 is 4.74 Å². The maximum atomic E-state index is 13.0. The summed E-state index contributed by atoms with van der Waals surface area (Å²) >= 11 is 0. The average Bonchev–Trinajstić information content (AvgIpc) is 2.67. The second kappa shape index (κ2) is 6.75. The van der Waals surface area contributed by atoms with E-state index in [2.05, 4.69) is 0 Å². The van der Waals surface area contributed by atoms with Crippen LogP contribution in [0, 0.1) is 11.6 Å². The Morgan fingerprint density at radius 1 is 1.11 bits per heavy atom. The molecule has 2 rings (SSSR count). The van der Waals surface area contributed by atoms with Crippen molar-refractivity contribution in [2.75, 3.05) is 6.61 Å². The predicted molar refractivity (Wildman–Crippen MR) is 68.1 cm³/mol. The van der Waals surface area contributed by atoms with Gasteiger partial charge in [-0.25, -0.2) is 8.78 Å². The number of halogens is 2. The molecule has 0 amide bonds. The zero-order chi connectivity index (χ0) is 13.7. The predicted octanol–water partition coefficient (Wildman–Crippen LogP) is 3.89. The second-order valence-corrected chi connectivity index (χ2v) is 4.98. The van der Waals surface area contributed by atoms with Gasteiger partial charge in [-0.15, -0.1) is 0 Å².